The van der Waals surface area contributed by atoms with Crippen LogP contribution in [0, 0.1) is 0 Å². The molecule has 0 spiro atoms. The number of aromatic nitrogens is 3. The number of carbonyl (C=O) groups is 1. The second kappa shape index (κ2) is 5.87. The van der Waals surface area contributed by atoms with Crippen LogP contribution in [0.15, 0.2) is 17.4 Å². The van der Waals surface area contributed by atoms with E-state index in [2.05, 4.69) is 9.97 Å². The summed E-state index contributed by atoms with van der Waals surface area (Å²) >= 11 is 0.855. The van der Waals surface area contributed by atoms with E-state index in [9.17, 15) is 4.79 Å². The van der Waals surface area contributed by atoms with Crippen LogP contribution in [-0.2, 0) is 11.5 Å². The van der Waals surface area contributed by atoms with Gasteiger partial charge in [-0.05, 0) is 11.8 Å². The minimum atomic E-state index is -0.543. The highest BCUT2D eigenvalue weighted by Gasteiger charge is 2.15. The van der Waals surface area contributed by atoms with Crippen molar-refractivity contribution < 1.29 is 14.6 Å². The Kier molecular flexibility index (Phi) is 4.20. The van der Waals surface area contributed by atoms with Crippen molar-refractivity contribution in [2.45, 2.75) is 11.6 Å². The van der Waals surface area contributed by atoms with E-state index in [1.165, 1.54) is 6.33 Å². The van der Waals surface area contributed by atoms with Gasteiger partial charge in [-0.1, -0.05) is 0 Å². The zero-order valence-electron chi connectivity index (χ0n) is 9.94. The smallest absolute Gasteiger partial charge is 0.281 e. The van der Waals surface area contributed by atoms with E-state index in [0.29, 0.717) is 15.9 Å². The molecular weight excluding hydrogens is 270 g/mol. The maximum Gasteiger partial charge on any atom is 0.281 e. The van der Waals surface area contributed by atoms with Crippen molar-refractivity contribution in [3.8, 4) is 0 Å². The van der Waals surface area contributed by atoms with Gasteiger partial charge in [0, 0.05) is 11.1 Å². The van der Waals surface area contributed by atoms with Crippen LogP contribution in [0.4, 0.5) is 10.6 Å². The molecular formula is C10H13N5O3S. The normalized spacial score (nSPS) is 11.0. The lowest BCUT2D eigenvalue weighted by Crippen LogP contribution is -2.05. The van der Waals surface area contributed by atoms with Crippen molar-refractivity contribution in [3.05, 3.63) is 12.5 Å². The van der Waals surface area contributed by atoms with E-state index in [1.807, 2.05) is 0 Å². The predicted octanol–water partition coefficient (Wildman–Crippen LogP) is 0.151. The Balaban J connectivity index is 2.41. The first-order valence-electron chi connectivity index (χ1n) is 5.38. The SMILES string of the molecule is NC(=O)Sc1cn(COCCO)c2ncnc(N)c12. The number of ether oxygens (including phenoxy) is 1. The second-order valence-electron chi connectivity index (χ2n) is 3.60. The maximum absolute atomic E-state index is 11.0. The van der Waals surface area contributed by atoms with E-state index in [4.69, 9.17) is 21.3 Å². The van der Waals surface area contributed by atoms with Crippen molar-refractivity contribution in [3.63, 3.8) is 0 Å². The molecule has 0 atom stereocenters. The summed E-state index contributed by atoms with van der Waals surface area (Å²) in [5.74, 6) is 0.273. The third kappa shape index (κ3) is 2.95. The van der Waals surface area contributed by atoms with Crippen LogP contribution in [0.3, 0.4) is 0 Å². The largest absolute Gasteiger partial charge is 0.394 e. The zero-order valence-corrected chi connectivity index (χ0v) is 10.8. The number of primary amides is 1. The van der Waals surface area contributed by atoms with Crippen molar-refractivity contribution in [1.29, 1.82) is 0 Å². The monoisotopic (exact) mass is 283 g/mol. The highest BCUT2D eigenvalue weighted by atomic mass is 32.2. The number of hydrogen-bond donors (Lipinski definition) is 3. The molecule has 0 aromatic carbocycles. The fraction of sp³-hybridized carbons (Fsp3) is 0.300. The summed E-state index contributed by atoms with van der Waals surface area (Å²) in [5.41, 5.74) is 11.5. The summed E-state index contributed by atoms with van der Waals surface area (Å²) in [6.07, 6.45) is 3.00. The lowest BCUT2D eigenvalue weighted by molar-refractivity contribution is 0.0500. The number of carbonyl (C=O) groups excluding carboxylic acids is 1. The minimum Gasteiger partial charge on any atom is -0.394 e. The van der Waals surface area contributed by atoms with E-state index >= 15 is 0 Å². The van der Waals surface area contributed by atoms with Gasteiger partial charge in [0.05, 0.1) is 18.6 Å². The maximum atomic E-state index is 11.0. The Hall–Kier alpha value is -1.84. The van der Waals surface area contributed by atoms with Gasteiger partial charge in [-0.3, -0.25) is 4.79 Å². The number of aliphatic hydroxyl groups excluding tert-OH is 1. The molecule has 0 bridgehead atoms. The highest BCUT2D eigenvalue weighted by molar-refractivity contribution is 8.13. The van der Waals surface area contributed by atoms with Crippen molar-refractivity contribution >= 4 is 33.9 Å². The molecule has 19 heavy (non-hydrogen) atoms. The van der Waals surface area contributed by atoms with Crippen molar-refractivity contribution in [1.82, 2.24) is 14.5 Å². The molecule has 2 heterocycles. The molecule has 0 saturated carbocycles. The molecule has 0 aliphatic carbocycles. The number of hydrogen-bond acceptors (Lipinski definition) is 7. The number of thioether (sulfide) groups is 1. The van der Waals surface area contributed by atoms with Crippen LogP contribution in [0.25, 0.3) is 11.0 Å². The number of fused-ring (bicyclic) bond motifs is 1. The van der Waals surface area contributed by atoms with Crippen molar-refractivity contribution in [2.75, 3.05) is 18.9 Å². The van der Waals surface area contributed by atoms with Crippen LogP contribution >= 0.6 is 11.8 Å². The first-order valence-corrected chi connectivity index (χ1v) is 6.20. The molecule has 9 heteroatoms. The number of amides is 1. The van der Waals surface area contributed by atoms with Gasteiger partial charge in [-0.2, -0.15) is 0 Å². The average Bonchev–Trinajstić information content (AvgIpc) is 2.69. The molecule has 0 aliphatic heterocycles. The molecule has 8 nitrogen and oxygen atoms in total. The summed E-state index contributed by atoms with van der Waals surface area (Å²) in [7, 11) is 0. The predicted molar refractivity (Wildman–Crippen MR) is 70.4 cm³/mol. The molecule has 5 N–H and O–H groups in total. The number of nitrogen functional groups attached to an aromatic ring is 1. The van der Waals surface area contributed by atoms with Gasteiger partial charge in [-0.25, -0.2) is 9.97 Å². The highest BCUT2D eigenvalue weighted by Crippen LogP contribution is 2.31. The Morgan fingerprint density at radius 2 is 2.32 bits per heavy atom. The van der Waals surface area contributed by atoms with Crippen LogP contribution in [0.2, 0.25) is 0 Å². The summed E-state index contributed by atoms with van der Waals surface area (Å²) < 4.78 is 6.90. The Bertz CT molecular complexity index is 600. The zero-order chi connectivity index (χ0) is 13.8. The number of anilines is 1. The van der Waals surface area contributed by atoms with Crippen molar-refractivity contribution in [2.24, 2.45) is 5.73 Å². The number of nitrogens with two attached hydrogens (primary N) is 2. The summed E-state index contributed by atoms with van der Waals surface area (Å²) in [5, 5.41) is 8.71. The van der Waals surface area contributed by atoms with Gasteiger partial charge in [0.2, 0.25) is 0 Å². The molecule has 1 amide bonds. The van der Waals surface area contributed by atoms with Crippen LogP contribution in [0.5, 0.6) is 0 Å². The van der Waals surface area contributed by atoms with Gasteiger partial charge in [0.25, 0.3) is 5.24 Å². The topological polar surface area (TPSA) is 129 Å². The van der Waals surface area contributed by atoms with Gasteiger partial charge >= 0.3 is 0 Å². The molecule has 102 valence electrons. The third-order valence-electron chi connectivity index (χ3n) is 2.32. The fourth-order valence-corrected chi connectivity index (χ4v) is 2.32. The fourth-order valence-electron chi connectivity index (χ4n) is 1.62. The molecule has 0 aliphatic rings. The minimum absolute atomic E-state index is 0.0702. The Labute approximate surface area is 112 Å². The van der Waals surface area contributed by atoms with E-state index in [0.717, 1.165) is 11.8 Å². The van der Waals surface area contributed by atoms with E-state index in [1.54, 1.807) is 10.8 Å². The first kappa shape index (κ1) is 13.6. The first-order chi connectivity index (χ1) is 9.13. The molecule has 2 aromatic heterocycles. The molecule has 2 rings (SSSR count). The number of nitrogens with zero attached hydrogens (tertiary/aromatic N) is 3. The quantitative estimate of drug-likeness (QED) is 0.526. The standard InChI is InChI=1S/C10H13N5O3S/c11-8-7-6(19-10(12)17)3-15(5-18-2-1-16)9(7)14-4-13-8/h3-4,16H,1-2,5H2,(H2,12,17)(H2,11,13,14). The summed E-state index contributed by atoms with van der Waals surface area (Å²) in [4.78, 5) is 19.6. The van der Waals surface area contributed by atoms with Gasteiger partial charge < -0.3 is 25.9 Å². The molecule has 0 saturated heterocycles. The lowest BCUT2D eigenvalue weighted by Gasteiger charge is -2.04. The average molecular weight is 283 g/mol. The summed E-state index contributed by atoms with van der Waals surface area (Å²) in [6.45, 7) is 0.324. The lowest BCUT2D eigenvalue weighted by atomic mass is 10.4. The number of aliphatic hydroxyl groups is 1. The number of rotatable bonds is 5. The van der Waals surface area contributed by atoms with Gasteiger partial charge in [0.1, 0.15) is 24.5 Å². The Morgan fingerprint density at radius 1 is 1.53 bits per heavy atom. The van der Waals surface area contributed by atoms with Crippen LogP contribution in [-0.4, -0.2) is 38.1 Å². The van der Waals surface area contributed by atoms with Crippen LogP contribution in [0.1, 0.15) is 0 Å². The molecule has 0 radical (unpaired) electrons. The van der Waals surface area contributed by atoms with E-state index in [-0.39, 0.29) is 25.8 Å². The molecule has 0 unspecified atom stereocenters. The third-order valence-corrected chi connectivity index (χ3v) is 3.06. The molecule has 0 fully saturated rings. The Morgan fingerprint density at radius 3 is 3.00 bits per heavy atom. The van der Waals surface area contributed by atoms with Crippen LogP contribution < -0.4 is 11.5 Å². The summed E-state index contributed by atoms with van der Waals surface area (Å²) in [6, 6.07) is 0. The second-order valence-corrected chi connectivity index (χ2v) is 4.65. The van der Waals surface area contributed by atoms with Gasteiger partial charge in [0.15, 0.2) is 0 Å². The molecule has 2 aromatic rings. The van der Waals surface area contributed by atoms with Gasteiger partial charge in [-0.15, -0.1) is 0 Å². The van der Waals surface area contributed by atoms with E-state index < -0.39 is 5.24 Å².